The average Bonchev–Trinajstić information content (AvgIpc) is 2.30. The highest BCUT2D eigenvalue weighted by Gasteiger charge is 2.30. The van der Waals surface area contributed by atoms with Gasteiger partial charge in [0.05, 0.1) is 5.92 Å². The molecule has 2 fully saturated rings. The molecule has 0 bridgehead atoms. The van der Waals surface area contributed by atoms with E-state index in [1.807, 2.05) is 11.8 Å². The molecule has 0 aromatic heterocycles. The SMILES string of the molecule is CC1CSCCN1C(=O)[C@@H]1CCCNC1.Cl. The average molecular weight is 265 g/mol. The predicted molar refractivity (Wildman–Crippen MR) is 71.3 cm³/mol. The number of amides is 1. The minimum Gasteiger partial charge on any atom is -0.338 e. The van der Waals surface area contributed by atoms with Crippen molar-refractivity contribution in [3.8, 4) is 0 Å². The van der Waals surface area contributed by atoms with Gasteiger partial charge in [-0.1, -0.05) is 0 Å². The molecule has 0 radical (unpaired) electrons. The summed E-state index contributed by atoms with van der Waals surface area (Å²) in [6.07, 6.45) is 2.22. The molecular weight excluding hydrogens is 244 g/mol. The number of piperidine rings is 1. The Morgan fingerprint density at radius 1 is 1.50 bits per heavy atom. The van der Waals surface area contributed by atoms with Crippen LogP contribution in [0.15, 0.2) is 0 Å². The first-order valence-electron chi connectivity index (χ1n) is 5.88. The van der Waals surface area contributed by atoms with Crippen LogP contribution >= 0.6 is 24.2 Å². The van der Waals surface area contributed by atoms with Gasteiger partial charge in [-0.25, -0.2) is 0 Å². The second-order valence-corrected chi connectivity index (χ2v) is 5.65. The first kappa shape index (κ1) is 14.1. The normalized spacial score (nSPS) is 30.7. The first-order valence-corrected chi connectivity index (χ1v) is 7.03. The summed E-state index contributed by atoms with van der Waals surface area (Å²) in [5.41, 5.74) is 0. The van der Waals surface area contributed by atoms with Crippen molar-refractivity contribution in [2.24, 2.45) is 5.92 Å². The van der Waals surface area contributed by atoms with Gasteiger partial charge in [-0.05, 0) is 26.3 Å². The largest absolute Gasteiger partial charge is 0.338 e. The molecule has 1 unspecified atom stereocenters. The fourth-order valence-electron chi connectivity index (χ4n) is 2.35. The van der Waals surface area contributed by atoms with Gasteiger partial charge in [0, 0.05) is 30.6 Å². The van der Waals surface area contributed by atoms with Crippen LogP contribution in [0, 0.1) is 5.92 Å². The summed E-state index contributed by atoms with van der Waals surface area (Å²) in [5.74, 6) is 2.83. The zero-order chi connectivity index (χ0) is 10.7. The molecule has 5 heteroatoms. The number of halogens is 1. The van der Waals surface area contributed by atoms with Crippen LogP contribution in [-0.4, -0.2) is 48.0 Å². The summed E-state index contributed by atoms with van der Waals surface area (Å²) in [7, 11) is 0. The Kier molecular flexibility index (Phi) is 5.94. The molecule has 0 aromatic carbocycles. The van der Waals surface area contributed by atoms with E-state index in [0.717, 1.165) is 44.0 Å². The third kappa shape index (κ3) is 3.28. The standard InChI is InChI=1S/C11H20N2OS.ClH/c1-9-8-15-6-5-13(9)11(14)10-3-2-4-12-7-10;/h9-10,12H,2-8H2,1H3;1H/t9?,10-;/m1./s1. The van der Waals surface area contributed by atoms with Crippen LogP contribution in [0.1, 0.15) is 19.8 Å². The second-order valence-electron chi connectivity index (χ2n) is 4.50. The first-order chi connectivity index (χ1) is 7.29. The van der Waals surface area contributed by atoms with E-state index in [4.69, 9.17) is 0 Å². The highest BCUT2D eigenvalue weighted by molar-refractivity contribution is 7.99. The van der Waals surface area contributed by atoms with Crippen LogP contribution in [0.3, 0.4) is 0 Å². The van der Waals surface area contributed by atoms with Crippen LogP contribution in [0.4, 0.5) is 0 Å². The smallest absolute Gasteiger partial charge is 0.227 e. The third-order valence-electron chi connectivity index (χ3n) is 3.30. The van der Waals surface area contributed by atoms with Crippen LogP contribution in [-0.2, 0) is 4.79 Å². The Morgan fingerprint density at radius 2 is 2.31 bits per heavy atom. The molecule has 94 valence electrons. The molecule has 0 spiro atoms. The molecule has 0 saturated carbocycles. The summed E-state index contributed by atoms with van der Waals surface area (Å²) in [6, 6.07) is 0.429. The second kappa shape index (κ2) is 6.72. The lowest BCUT2D eigenvalue weighted by molar-refractivity contribution is -0.137. The van der Waals surface area contributed by atoms with Crippen LogP contribution in [0.25, 0.3) is 0 Å². The zero-order valence-electron chi connectivity index (χ0n) is 9.78. The number of nitrogens with one attached hydrogen (secondary N) is 1. The number of thioether (sulfide) groups is 1. The number of carbonyl (C=O) groups is 1. The molecule has 2 aliphatic rings. The van der Waals surface area contributed by atoms with E-state index in [1.165, 1.54) is 0 Å². The van der Waals surface area contributed by atoms with Crippen LogP contribution in [0.5, 0.6) is 0 Å². The highest BCUT2D eigenvalue weighted by atomic mass is 35.5. The lowest BCUT2D eigenvalue weighted by Crippen LogP contribution is -2.50. The quantitative estimate of drug-likeness (QED) is 0.777. The number of rotatable bonds is 1. The Balaban J connectivity index is 0.00000128. The molecule has 2 heterocycles. The summed E-state index contributed by atoms with van der Waals surface area (Å²) in [5, 5.41) is 3.32. The highest BCUT2D eigenvalue weighted by Crippen LogP contribution is 2.21. The van der Waals surface area contributed by atoms with Gasteiger partial charge in [0.2, 0.25) is 5.91 Å². The van der Waals surface area contributed by atoms with Crippen molar-refractivity contribution in [3.05, 3.63) is 0 Å². The minimum atomic E-state index is 0. The number of nitrogens with zero attached hydrogens (tertiary/aromatic N) is 1. The third-order valence-corrected chi connectivity index (χ3v) is 4.49. The molecule has 2 atom stereocenters. The minimum absolute atomic E-state index is 0. The molecule has 3 nitrogen and oxygen atoms in total. The number of hydrogen-bond acceptors (Lipinski definition) is 3. The van der Waals surface area contributed by atoms with Crippen molar-refractivity contribution < 1.29 is 4.79 Å². The maximum atomic E-state index is 12.2. The summed E-state index contributed by atoms with van der Waals surface area (Å²) < 4.78 is 0. The fourth-order valence-corrected chi connectivity index (χ4v) is 3.37. The summed E-state index contributed by atoms with van der Waals surface area (Å²) in [6.45, 7) is 5.08. The van der Waals surface area contributed by atoms with Crippen molar-refractivity contribution in [2.45, 2.75) is 25.8 Å². The van der Waals surface area contributed by atoms with Crippen molar-refractivity contribution in [2.75, 3.05) is 31.1 Å². The maximum absolute atomic E-state index is 12.2. The van der Waals surface area contributed by atoms with Gasteiger partial charge in [-0.2, -0.15) is 11.8 Å². The zero-order valence-corrected chi connectivity index (χ0v) is 11.4. The molecule has 2 aliphatic heterocycles. The summed E-state index contributed by atoms with van der Waals surface area (Å²) >= 11 is 1.96. The van der Waals surface area contributed by atoms with Crippen molar-refractivity contribution in [3.63, 3.8) is 0 Å². The van der Waals surface area contributed by atoms with Gasteiger partial charge < -0.3 is 10.2 Å². The van der Waals surface area contributed by atoms with Gasteiger partial charge in [0.25, 0.3) is 0 Å². The van der Waals surface area contributed by atoms with Gasteiger partial charge >= 0.3 is 0 Å². The van der Waals surface area contributed by atoms with Gasteiger partial charge in [0.15, 0.2) is 0 Å². The van der Waals surface area contributed by atoms with Gasteiger partial charge in [0.1, 0.15) is 0 Å². The Labute approximate surface area is 108 Å². The molecule has 2 rings (SSSR count). The molecule has 16 heavy (non-hydrogen) atoms. The van der Waals surface area contributed by atoms with Crippen molar-refractivity contribution in [1.82, 2.24) is 10.2 Å². The predicted octanol–water partition coefficient (Wildman–Crippen LogP) is 1.37. The van der Waals surface area contributed by atoms with Crippen LogP contribution < -0.4 is 5.32 Å². The Bertz CT molecular complexity index is 234. The molecule has 2 saturated heterocycles. The lowest BCUT2D eigenvalue weighted by atomic mass is 9.97. The lowest BCUT2D eigenvalue weighted by Gasteiger charge is -2.36. The number of hydrogen-bond donors (Lipinski definition) is 1. The fraction of sp³-hybridized carbons (Fsp3) is 0.909. The molecule has 1 N–H and O–H groups in total. The van der Waals surface area contributed by atoms with E-state index in [2.05, 4.69) is 17.1 Å². The molecule has 0 aromatic rings. The van der Waals surface area contributed by atoms with Crippen molar-refractivity contribution in [1.29, 1.82) is 0 Å². The monoisotopic (exact) mass is 264 g/mol. The van der Waals surface area contributed by atoms with E-state index in [-0.39, 0.29) is 18.3 Å². The molecule has 0 aliphatic carbocycles. The Hall–Kier alpha value is 0.0700. The topological polar surface area (TPSA) is 32.3 Å². The van der Waals surface area contributed by atoms with E-state index in [9.17, 15) is 4.79 Å². The van der Waals surface area contributed by atoms with Crippen LogP contribution in [0.2, 0.25) is 0 Å². The van der Waals surface area contributed by atoms with Gasteiger partial charge in [-0.15, -0.1) is 12.4 Å². The molecular formula is C11H21ClN2OS. The van der Waals surface area contributed by atoms with E-state index in [1.54, 1.807) is 0 Å². The van der Waals surface area contributed by atoms with E-state index >= 15 is 0 Å². The van der Waals surface area contributed by atoms with Gasteiger partial charge in [-0.3, -0.25) is 4.79 Å². The summed E-state index contributed by atoms with van der Waals surface area (Å²) in [4.78, 5) is 14.3. The maximum Gasteiger partial charge on any atom is 0.227 e. The van der Waals surface area contributed by atoms with E-state index < -0.39 is 0 Å². The number of carbonyl (C=O) groups excluding carboxylic acids is 1. The van der Waals surface area contributed by atoms with E-state index in [0.29, 0.717) is 11.9 Å². The Morgan fingerprint density at radius 3 is 2.94 bits per heavy atom. The molecule has 1 amide bonds. The van der Waals surface area contributed by atoms with Crippen molar-refractivity contribution >= 4 is 30.1 Å².